The van der Waals surface area contributed by atoms with Crippen LogP contribution in [0.3, 0.4) is 0 Å². The summed E-state index contributed by atoms with van der Waals surface area (Å²) in [6, 6.07) is 2.47. The van der Waals surface area contributed by atoms with E-state index in [1.54, 1.807) is 6.07 Å². The Morgan fingerprint density at radius 2 is 1.73 bits per heavy atom. The lowest BCUT2D eigenvalue weighted by molar-refractivity contribution is -0.144. The SMILES string of the molecule is Cc1cnn(C2COC2)c1C1CCN(c2cc(N3C[C@@H](N4CCNCC4)[C@H]3C)nc(C(F)(F)F)n2)CC1. The number of anilines is 2. The molecule has 4 saturated heterocycles. The number of aryl methyl sites for hydroxylation is 1. The summed E-state index contributed by atoms with van der Waals surface area (Å²) in [5.41, 5.74) is 2.40. The number of piperidine rings is 1. The van der Waals surface area contributed by atoms with Gasteiger partial charge < -0.3 is 19.9 Å². The maximum Gasteiger partial charge on any atom is 0.451 e. The highest BCUT2D eigenvalue weighted by molar-refractivity contribution is 5.54. The van der Waals surface area contributed by atoms with Crippen LogP contribution in [0.1, 0.15) is 48.8 Å². The molecule has 4 fully saturated rings. The molecule has 202 valence electrons. The van der Waals surface area contributed by atoms with Gasteiger partial charge in [0.15, 0.2) is 0 Å². The predicted molar refractivity (Wildman–Crippen MR) is 133 cm³/mol. The number of alkyl halides is 3. The highest BCUT2D eigenvalue weighted by Crippen LogP contribution is 2.37. The van der Waals surface area contributed by atoms with Gasteiger partial charge in [-0.25, -0.2) is 9.97 Å². The Bertz CT molecular complexity index is 1110. The Balaban J connectivity index is 1.19. The molecule has 4 aliphatic heterocycles. The average molecular weight is 521 g/mol. The fourth-order valence-electron chi connectivity index (χ4n) is 6.19. The van der Waals surface area contributed by atoms with Crippen LogP contribution in [0.2, 0.25) is 0 Å². The third-order valence-electron chi connectivity index (χ3n) is 8.50. The molecular formula is C25H35F3N8O. The first-order chi connectivity index (χ1) is 17.8. The summed E-state index contributed by atoms with van der Waals surface area (Å²) in [4.78, 5) is 14.4. The van der Waals surface area contributed by atoms with Gasteiger partial charge in [0, 0.05) is 75.6 Å². The maximum atomic E-state index is 13.8. The third kappa shape index (κ3) is 4.67. The van der Waals surface area contributed by atoms with E-state index in [-0.39, 0.29) is 12.1 Å². The topological polar surface area (TPSA) is 74.6 Å². The third-order valence-corrected chi connectivity index (χ3v) is 8.50. The summed E-state index contributed by atoms with van der Waals surface area (Å²) < 4.78 is 48.9. The largest absolute Gasteiger partial charge is 0.451 e. The number of aromatic nitrogens is 4. The van der Waals surface area contributed by atoms with Gasteiger partial charge in [-0.2, -0.15) is 18.3 Å². The minimum Gasteiger partial charge on any atom is -0.377 e. The molecule has 0 radical (unpaired) electrons. The van der Waals surface area contributed by atoms with Crippen molar-refractivity contribution < 1.29 is 17.9 Å². The molecule has 2 aromatic rings. The first-order valence-electron chi connectivity index (χ1n) is 13.3. The van der Waals surface area contributed by atoms with Gasteiger partial charge in [0.25, 0.3) is 0 Å². The summed E-state index contributed by atoms with van der Waals surface area (Å²) in [5.74, 6) is 0.000228. The van der Waals surface area contributed by atoms with E-state index in [9.17, 15) is 13.2 Å². The number of nitrogens with zero attached hydrogens (tertiary/aromatic N) is 7. The Morgan fingerprint density at radius 3 is 2.35 bits per heavy atom. The fourth-order valence-corrected chi connectivity index (χ4v) is 6.19. The van der Waals surface area contributed by atoms with Gasteiger partial charge in [-0.1, -0.05) is 0 Å². The Kier molecular flexibility index (Phi) is 6.52. The molecule has 1 N–H and O–H groups in total. The van der Waals surface area contributed by atoms with E-state index in [1.165, 1.54) is 11.3 Å². The molecule has 6 heterocycles. The Labute approximate surface area is 215 Å². The van der Waals surface area contributed by atoms with Gasteiger partial charge in [-0.05, 0) is 32.3 Å². The zero-order valence-corrected chi connectivity index (χ0v) is 21.4. The molecule has 0 unspecified atom stereocenters. The molecule has 9 nitrogen and oxygen atoms in total. The average Bonchev–Trinajstić information content (AvgIpc) is 3.22. The zero-order chi connectivity index (χ0) is 25.7. The van der Waals surface area contributed by atoms with Crippen molar-refractivity contribution in [2.45, 2.75) is 56.9 Å². The molecule has 0 amide bonds. The second-order valence-corrected chi connectivity index (χ2v) is 10.8. The van der Waals surface area contributed by atoms with E-state index in [0.717, 1.165) is 39.0 Å². The van der Waals surface area contributed by atoms with Crippen LogP contribution in [0.4, 0.5) is 24.8 Å². The molecular weight excluding hydrogens is 485 g/mol. The van der Waals surface area contributed by atoms with Crippen molar-refractivity contribution >= 4 is 11.6 Å². The van der Waals surface area contributed by atoms with Crippen LogP contribution in [0, 0.1) is 6.92 Å². The number of nitrogens with one attached hydrogen (secondary N) is 1. The van der Waals surface area contributed by atoms with Crippen LogP contribution >= 0.6 is 0 Å². The Morgan fingerprint density at radius 1 is 1.03 bits per heavy atom. The molecule has 12 heteroatoms. The molecule has 0 saturated carbocycles. The summed E-state index contributed by atoms with van der Waals surface area (Å²) in [7, 11) is 0. The molecule has 0 aliphatic carbocycles. The van der Waals surface area contributed by atoms with Gasteiger partial charge in [0.1, 0.15) is 11.6 Å². The summed E-state index contributed by atoms with van der Waals surface area (Å²) in [6.07, 6.45) is -1.00. The normalized spacial score (nSPS) is 26.3. The van der Waals surface area contributed by atoms with Gasteiger partial charge in [-0.3, -0.25) is 9.58 Å². The molecule has 0 spiro atoms. The molecule has 37 heavy (non-hydrogen) atoms. The van der Waals surface area contributed by atoms with Gasteiger partial charge in [0.05, 0.1) is 25.5 Å². The second-order valence-electron chi connectivity index (χ2n) is 10.8. The molecule has 4 aliphatic rings. The molecule has 2 aromatic heterocycles. The maximum absolute atomic E-state index is 13.8. The van der Waals surface area contributed by atoms with E-state index < -0.39 is 12.0 Å². The summed E-state index contributed by atoms with van der Waals surface area (Å²) >= 11 is 0. The predicted octanol–water partition coefficient (Wildman–Crippen LogP) is 2.44. The summed E-state index contributed by atoms with van der Waals surface area (Å²) in [5, 5.41) is 7.94. The first kappa shape index (κ1) is 24.9. The van der Waals surface area contributed by atoms with Crippen molar-refractivity contribution in [2.24, 2.45) is 0 Å². The van der Waals surface area contributed by atoms with Gasteiger partial charge in [-0.15, -0.1) is 0 Å². The van der Waals surface area contributed by atoms with Gasteiger partial charge >= 0.3 is 6.18 Å². The number of piperazine rings is 1. The van der Waals surface area contributed by atoms with Crippen molar-refractivity contribution in [2.75, 3.05) is 68.8 Å². The van der Waals surface area contributed by atoms with Crippen molar-refractivity contribution in [1.82, 2.24) is 30.0 Å². The van der Waals surface area contributed by atoms with Crippen LogP contribution in [0.25, 0.3) is 0 Å². The van der Waals surface area contributed by atoms with Crippen LogP contribution in [0.5, 0.6) is 0 Å². The van der Waals surface area contributed by atoms with Crippen LogP contribution in [-0.4, -0.2) is 95.8 Å². The van der Waals surface area contributed by atoms with Crippen LogP contribution in [-0.2, 0) is 10.9 Å². The highest BCUT2D eigenvalue weighted by Gasteiger charge is 2.43. The highest BCUT2D eigenvalue weighted by atomic mass is 19.4. The second kappa shape index (κ2) is 9.70. The summed E-state index contributed by atoms with van der Waals surface area (Å²) in [6.45, 7) is 11.3. The smallest absolute Gasteiger partial charge is 0.377 e. The number of hydrogen-bond acceptors (Lipinski definition) is 8. The monoisotopic (exact) mass is 520 g/mol. The molecule has 0 aromatic carbocycles. The quantitative estimate of drug-likeness (QED) is 0.645. The van der Waals surface area contributed by atoms with Crippen LogP contribution < -0.4 is 15.1 Å². The molecule has 6 rings (SSSR count). The van der Waals surface area contributed by atoms with Gasteiger partial charge in [0.2, 0.25) is 5.82 Å². The lowest BCUT2D eigenvalue weighted by Gasteiger charge is -2.53. The molecule has 2 atom stereocenters. The zero-order valence-electron chi connectivity index (χ0n) is 21.4. The lowest BCUT2D eigenvalue weighted by Crippen LogP contribution is -2.68. The first-order valence-corrected chi connectivity index (χ1v) is 13.3. The van der Waals surface area contributed by atoms with Crippen molar-refractivity contribution in [1.29, 1.82) is 0 Å². The van der Waals surface area contributed by atoms with Crippen molar-refractivity contribution in [3.8, 4) is 0 Å². The van der Waals surface area contributed by atoms with E-state index in [4.69, 9.17) is 4.74 Å². The van der Waals surface area contributed by atoms with Crippen LogP contribution in [0.15, 0.2) is 12.3 Å². The van der Waals surface area contributed by atoms with E-state index >= 15 is 0 Å². The number of hydrogen-bond donors (Lipinski definition) is 1. The van der Waals surface area contributed by atoms with E-state index in [1.807, 2.05) is 16.0 Å². The number of ether oxygens (including phenoxy) is 1. The minimum absolute atomic E-state index is 0.103. The van der Waals surface area contributed by atoms with E-state index in [0.29, 0.717) is 56.4 Å². The fraction of sp³-hybridized carbons (Fsp3) is 0.720. The van der Waals surface area contributed by atoms with Crippen molar-refractivity contribution in [3.63, 3.8) is 0 Å². The molecule has 0 bridgehead atoms. The Hall–Kier alpha value is -2.44. The van der Waals surface area contributed by atoms with E-state index in [2.05, 4.69) is 43.8 Å². The number of rotatable bonds is 5. The van der Waals surface area contributed by atoms with Crippen molar-refractivity contribution in [3.05, 3.63) is 29.3 Å². The number of halogens is 3. The standard InChI is InChI=1S/C25H35F3N8O/c1-16-12-30-36(19-14-37-15-19)23(16)18-3-7-34(8-4-18)21-11-22(32-24(31-21)25(26,27)28)35-13-20(17(35)2)33-9-5-29-6-10-33/h11-12,17-20,29H,3-10,13-15H2,1-2H3/t17-,20-/m1/s1. The minimum atomic E-state index is -4.59. The lowest BCUT2D eigenvalue weighted by atomic mass is 9.91.